The maximum absolute atomic E-state index is 12.1. The third-order valence-electron chi connectivity index (χ3n) is 3.79. The molecule has 1 fully saturated rings. The van der Waals surface area contributed by atoms with Gasteiger partial charge >= 0.3 is 5.97 Å². The quantitative estimate of drug-likeness (QED) is 0.706. The lowest BCUT2D eigenvalue weighted by Crippen LogP contribution is -2.42. The van der Waals surface area contributed by atoms with E-state index in [9.17, 15) is 4.79 Å². The fourth-order valence-corrected chi connectivity index (χ4v) is 2.99. The van der Waals surface area contributed by atoms with Crippen LogP contribution in [-0.4, -0.2) is 23.1 Å². The van der Waals surface area contributed by atoms with E-state index in [1.807, 2.05) is 32.5 Å². The molecule has 0 aromatic rings. The molecule has 0 spiro atoms. The maximum atomic E-state index is 12.1. The van der Waals surface area contributed by atoms with Crippen molar-refractivity contribution in [3.05, 3.63) is 0 Å². The van der Waals surface area contributed by atoms with E-state index in [1.54, 1.807) is 0 Å². The van der Waals surface area contributed by atoms with Crippen molar-refractivity contribution in [2.75, 3.05) is 11.5 Å². The molecule has 0 radical (unpaired) electrons. The zero-order valence-corrected chi connectivity index (χ0v) is 11.8. The monoisotopic (exact) mass is 244 g/mol. The molecule has 1 heterocycles. The molecule has 0 unspecified atom stereocenters. The molecule has 94 valence electrons. The largest absolute Gasteiger partial charge is 0.459 e. The Balaban J connectivity index is 2.66. The van der Waals surface area contributed by atoms with Crippen LogP contribution in [0.4, 0.5) is 0 Å². The standard InChI is InChI=1S/C13H24O2S/c1-5-12(3,4)11(14)15-13(6-2)7-9-16-10-8-13/h5-10H2,1-4H3. The number of hydrogen-bond donors (Lipinski definition) is 0. The van der Waals surface area contributed by atoms with Crippen LogP contribution >= 0.6 is 11.8 Å². The molecule has 16 heavy (non-hydrogen) atoms. The van der Waals surface area contributed by atoms with Crippen molar-refractivity contribution in [3.8, 4) is 0 Å². The minimum atomic E-state index is -0.341. The van der Waals surface area contributed by atoms with E-state index in [4.69, 9.17) is 4.74 Å². The van der Waals surface area contributed by atoms with Gasteiger partial charge in [-0.05, 0) is 51.0 Å². The van der Waals surface area contributed by atoms with Crippen molar-refractivity contribution in [2.24, 2.45) is 5.41 Å². The van der Waals surface area contributed by atoms with Crippen molar-refractivity contribution in [3.63, 3.8) is 0 Å². The Morgan fingerprint density at radius 3 is 2.31 bits per heavy atom. The number of rotatable bonds is 4. The van der Waals surface area contributed by atoms with E-state index in [1.165, 1.54) is 0 Å². The van der Waals surface area contributed by atoms with Gasteiger partial charge in [-0.2, -0.15) is 11.8 Å². The maximum Gasteiger partial charge on any atom is 0.312 e. The number of hydrogen-bond acceptors (Lipinski definition) is 3. The van der Waals surface area contributed by atoms with Gasteiger partial charge in [0, 0.05) is 0 Å². The fourth-order valence-electron chi connectivity index (χ4n) is 1.75. The molecule has 3 heteroatoms. The van der Waals surface area contributed by atoms with Gasteiger partial charge in [-0.15, -0.1) is 0 Å². The first-order valence-corrected chi connectivity index (χ1v) is 7.42. The molecule has 1 rings (SSSR count). The van der Waals surface area contributed by atoms with Crippen molar-refractivity contribution in [1.29, 1.82) is 0 Å². The molecular weight excluding hydrogens is 220 g/mol. The second kappa shape index (κ2) is 5.44. The lowest BCUT2D eigenvalue weighted by atomic mass is 9.88. The first-order chi connectivity index (χ1) is 7.46. The second-order valence-electron chi connectivity index (χ2n) is 5.28. The van der Waals surface area contributed by atoms with E-state index >= 15 is 0 Å². The van der Waals surface area contributed by atoms with Gasteiger partial charge in [0.25, 0.3) is 0 Å². The van der Waals surface area contributed by atoms with Gasteiger partial charge in [-0.1, -0.05) is 13.8 Å². The number of carbonyl (C=O) groups excluding carboxylic acids is 1. The minimum Gasteiger partial charge on any atom is -0.459 e. The average Bonchev–Trinajstić information content (AvgIpc) is 2.30. The molecular formula is C13H24O2S. The molecule has 0 aliphatic carbocycles. The van der Waals surface area contributed by atoms with Crippen LogP contribution in [0.3, 0.4) is 0 Å². The van der Waals surface area contributed by atoms with Crippen LogP contribution in [0.15, 0.2) is 0 Å². The summed E-state index contributed by atoms with van der Waals surface area (Å²) in [5.74, 6) is 2.21. The fraction of sp³-hybridized carbons (Fsp3) is 0.923. The Bertz CT molecular complexity index is 242. The zero-order chi connectivity index (χ0) is 12.2. The molecule has 0 aromatic heterocycles. The third-order valence-corrected chi connectivity index (χ3v) is 4.78. The van der Waals surface area contributed by atoms with E-state index in [0.717, 1.165) is 37.2 Å². The average molecular weight is 244 g/mol. The van der Waals surface area contributed by atoms with E-state index in [0.29, 0.717) is 0 Å². The summed E-state index contributed by atoms with van der Waals surface area (Å²) in [5, 5.41) is 0. The highest BCUT2D eigenvalue weighted by atomic mass is 32.2. The molecule has 1 saturated heterocycles. The predicted molar refractivity (Wildman–Crippen MR) is 69.7 cm³/mol. The highest BCUT2D eigenvalue weighted by Crippen LogP contribution is 2.35. The SMILES string of the molecule is CCC1(OC(=O)C(C)(C)CC)CCSCC1. The highest BCUT2D eigenvalue weighted by Gasteiger charge is 2.38. The van der Waals surface area contributed by atoms with Gasteiger partial charge < -0.3 is 4.74 Å². The van der Waals surface area contributed by atoms with Crippen molar-refractivity contribution < 1.29 is 9.53 Å². The van der Waals surface area contributed by atoms with E-state index in [2.05, 4.69) is 6.92 Å². The molecule has 0 amide bonds. The van der Waals surface area contributed by atoms with Crippen LogP contribution in [0.2, 0.25) is 0 Å². The van der Waals surface area contributed by atoms with Crippen LogP contribution in [0, 0.1) is 5.41 Å². The van der Waals surface area contributed by atoms with Gasteiger partial charge in [0.05, 0.1) is 5.41 Å². The second-order valence-corrected chi connectivity index (χ2v) is 6.50. The van der Waals surface area contributed by atoms with Crippen molar-refractivity contribution in [2.45, 2.75) is 59.0 Å². The lowest BCUT2D eigenvalue weighted by Gasteiger charge is -2.38. The van der Waals surface area contributed by atoms with Gasteiger partial charge in [-0.25, -0.2) is 0 Å². The predicted octanol–water partition coefficient (Wildman–Crippen LogP) is 3.64. The summed E-state index contributed by atoms with van der Waals surface area (Å²) in [6, 6.07) is 0. The smallest absolute Gasteiger partial charge is 0.312 e. The summed E-state index contributed by atoms with van der Waals surface area (Å²) in [6.07, 6.45) is 3.80. The van der Waals surface area contributed by atoms with Crippen molar-refractivity contribution >= 4 is 17.7 Å². The molecule has 2 nitrogen and oxygen atoms in total. The summed E-state index contributed by atoms with van der Waals surface area (Å²) in [5.41, 5.74) is -0.512. The van der Waals surface area contributed by atoms with Crippen LogP contribution in [0.1, 0.15) is 53.4 Å². The number of carbonyl (C=O) groups is 1. The minimum absolute atomic E-state index is 0.0243. The summed E-state index contributed by atoms with van der Waals surface area (Å²) in [6.45, 7) is 8.10. The first-order valence-electron chi connectivity index (χ1n) is 6.27. The molecule has 0 aromatic carbocycles. The van der Waals surface area contributed by atoms with Gasteiger partial charge in [0.15, 0.2) is 0 Å². The van der Waals surface area contributed by atoms with E-state index < -0.39 is 0 Å². The topological polar surface area (TPSA) is 26.3 Å². The molecule has 0 saturated carbocycles. The Hall–Kier alpha value is -0.180. The summed E-state index contributed by atoms with van der Waals surface area (Å²) < 4.78 is 5.83. The molecule has 1 aliphatic rings. The Morgan fingerprint density at radius 2 is 1.88 bits per heavy atom. The van der Waals surface area contributed by atoms with Gasteiger partial charge in [0.1, 0.15) is 5.60 Å². The first kappa shape index (κ1) is 13.9. The zero-order valence-electron chi connectivity index (χ0n) is 11.0. The van der Waals surface area contributed by atoms with Gasteiger partial charge in [-0.3, -0.25) is 4.79 Å². The molecule has 0 N–H and O–H groups in total. The normalized spacial score (nSPS) is 20.5. The Kier molecular flexibility index (Phi) is 4.72. The van der Waals surface area contributed by atoms with E-state index in [-0.39, 0.29) is 17.0 Å². The van der Waals surface area contributed by atoms with Crippen LogP contribution in [0.25, 0.3) is 0 Å². The third kappa shape index (κ3) is 3.16. The Labute approximate surface area is 104 Å². The number of esters is 1. The number of ether oxygens (including phenoxy) is 1. The molecule has 0 bridgehead atoms. The summed E-state index contributed by atoms with van der Waals surface area (Å²) in [4.78, 5) is 12.1. The lowest BCUT2D eigenvalue weighted by molar-refractivity contribution is -0.172. The molecule has 1 aliphatic heterocycles. The van der Waals surface area contributed by atoms with Crippen LogP contribution in [0.5, 0.6) is 0 Å². The number of thioether (sulfide) groups is 1. The van der Waals surface area contributed by atoms with Crippen molar-refractivity contribution in [1.82, 2.24) is 0 Å². The highest BCUT2D eigenvalue weighted by molar-refractivity contribution is 7.99. The summed E-state index contributed by atoms with van der Waals surface area (Å²) >= 11 is 1.96. The van der Waals surface area contributed by atoms with Crippen LogP contribution < -0.4 is 0 Å². The van der Waals surface area contributed by atoms with Crippen LogP contribution in [-0.2, 0) is 9.53 Å². The molecule has 0 atom stereocenters. The Morgan fingerprint density at radius 1 is 1.31 bits per heavy atom. The van der Waals surface area contributed by atoms with Gasteiger partial charge in [0.2, 0.25) is 0 Å². The summed E-state index contributed by atoms with van der Waals surface area (Å²) in [7, 11) is 0.